The van der Waals surface area contributed by atoms with Gasteiger partial charge in [0.25, 0.3) is 5.56 Å². The van der Waals surface area contributed by atoms with E-state index in [1.807, 2.05) is 6.92 Å². The van der Waals surface area contributed by atoms with Gasteiger partial charge in [-0.05, 0) is 36.2 Å². The van der Waals surface area contributed by atoms with Gasteiger partial charge in [0.1, 0.15) is 11.6 Å². The summed E-state index contributed by atoms with van der Waals surface area (Å²) in [5, 5.41) is 0. The summed E-state index contributed by atoms with van der Waals surface area (Å²) in [6.45, 7) is 2.27. The summed E-state index contributed by atoms with van der Waals surface area (Å²) in [5.41, 5.74) is 5.46. The number of ether oxygens (including phenoxy) is 2. The molecule has 33 heavy (non-hydrogen) atoms. The van der Waals surface area contributed by atoms with Crippen molar-refractivity contribution in [2.24, 2.45) is 0 Å². The van der Waals surface area contributed by atoms with Gasteiger partial charge in [-0.2, -0.15) is 0 Å². The normalized spacial score (nSPS) is 10.8. The summed E-state index contributed by atoms with van der Waals surface area (Å²) < 4.78 is 17.2. The van der Waals surface area contributed by atoms with E-state index in [-0.39, 0.29) is 24.5 Å². The first kappa shape index (κ1) is 23.7. The number of nitrogens with zero attached hydrogens (tertiary/aromatic N) is 2. The topological polar surface area (TPSA) is 133 Å². The van der Waals surface area contributed by atoms with Gasteiger partial charge in [0.15, 0.2) is 17.2 Å². The number of hydrogen-bond acceptors (Lipinski definition) is 7. The second-order valence-electron chi connectivity index (χ2n) is 7.42. The third-order valence-electron chi connectivity index (χ3n) is 5.22. The minimum atomic E-state index is -0.738. The van der Waals surface area contributed by atoms with Crippen LogP contribution < -0.4 is 31.4 Å². The van der Waals surface area contributed by atoms with Crippen LogP contribution in [0.1, 0.15) is 31.1 Å². The number of nitrogens with one attached hydrogen (secondary N) is 1. The van der Waals surface area contributed by atoms with Gasteiger partial charge in [0.05, 0.1) is 33.4 Å². The molecule has 0 saturated heterocycles. The van der Waals surface area contributed by atoms with Gasteiger partial charge < -0.3 is 19.6 Å². The summed E-state index contributed by atoms with van der Waals surface area (Å²) in [6.07, 6.45) is 2.94. The highest BCUT2D eigenvalue weighted by molar-refractivity contribution is 5.96. The highest BCUT2D eigenvalue weighted by Crippen LogP contribution is 2.28. The molecule has 3 N–H and O–H groups in total. The molecule has 0 aliphatic carbocycles. The summed E-state index contributed by atoms with van der Waals surface area (Å²) in [4.78, 5) is 42.1. The van der Waals surface area contributed by atoms with E-state index in [2.05, 4.69) is 4.98 Å². The zero-order chi connectivity index (χ0) is 24.0. The van der Waals surface area contributed by atoms with Gasteiger partial charge in [-0.3, -0.25) is 24.0 Å². The maximum atomic E-state index is 13.4. The lowest BCUT2D eigenvalue weighted by atomic mass is 10.1. The Bertz CT molecular complexity index is 1210. The Hall–Kier alpha value is -3.95. The number of carbonyl (C=O) groups is 1. The Balaban J connectivity index is 2.03. The van der Waals surface area contributed by atoms with E-state index in [9.17, 15) is 14.4 Å². The number of methoxy groups -OCH3 is 2. The summed E-state index contributed by atoms with van der Waals surface area (Å²) in [5.74, 6) is 0.998. The molecule has 2 aromatic heterocycles. The van der Waals surface area contributed by atoms with E-state index in [1.165, 1.54) is 29.9 Å². The monoisotopic (exact) mass is 456 g/mol. The summed E-state index contributed by atoms with van der Waals surface area (Å²) >= 11 is 0. The van der Waals surface area contributed by atoms with E-state index in [1.54, 1.807) is 30.3 Å². The molecule has 10 heteroatoms. The predicted molar refractivity (Wildman–Crippen MR) is 124 cm³/mol. The van der Waals surface area contributed by atoms with Crippen molar-refractivity contribution in [2.75, 3.05) is 24.9 Å². The molecule has 0 atom stereocenters. The summed E-state index contributed by atoms with van der Waals surface area (Å²) in [7, 11) is 3.03. The number of carbonyl (C=O) groups excluding carboxylic acids is 1. The Morgan fingerprint density at radius 1 is 1.18 bits per heavy atom. The van der Waals surface area contributed by atoms with Crippen LogP contribution in [0.15, 0.2) is 50.6 Å². The zero-order valence-corrected chi connectivity index (χ0v) is 18.9. The first-order valence-electron chi connectivity index (χ1n) is 10.6. The van der Waals surface area contributed by atoms with Crippen LogP contribution in [0.5, 0.6) is 11.5 Å². The fraction of sp³-hybridized carbons (Fsp3) is 0.348. The van der Waals surface area contributed by atoms with Crippen molar-refractivity contribution in [2.45, 2.75) is 39.3 Å². The van der Waals surface area contributed by atoms with Gasteiger partial charge in [-0.25, -0.2) is 4.79 Å². The van der Waals surface area contributed by atoms with Gasteiger partial charge in [0.2, 0.25) is 5.91 Å². The van der Waals surface area contributed by atoms with Gasteiger partial charge in [-0.15, -0.1) is 0 Å². The number of anilines is 2. The van der Waals surface area contributed by atoms with Crippen molar-refractivity contribution in [3.8, 4) is 11.5 Å². The number of aromatic nitrogens is 2. The van der Waals surface area contributed by atoms with E-state index in [0.717, 1.165) is 6.42 Å². The molecule has 10 nitrogen and oxygen atoms in total. The number of furan rings is 1. The lowest BCUT2D eigenvalue weighted by molar-refractivity contribution is -0.118. The third-order valence-corrected chi connectivity index (χ3v) is 5.22. The smallest absolute Gasteiger partial charge is 0.330 e. The van der Waals surface area contributed by atoms with E-state index >= 15 is 0 Å². The minimum absolute atomic E-state index is 0.0294. The van der Waals surface area contributed by atoms with Crippen molar-refractivity contribution >= 4 is 17.4 Å². The third kappa shape index (κ3) is 5.28. The first-order valence-corrected chi connectivity index (χ1v) is 10.6. The molecule has 0 spiro atoms. The molecule has 176 valence electrons. The molecule has 3 aromatic rings. The van der Waals surface area contributed by atoms with Crippen molar-refractivity contribution in [1.82, 2.24) is 9.55 Å². The number of nitrogen functional groups attached to an aromatic ring is 1. The number of hydrogen-bond donors (Lipinski definition) is 2. The van der Waals surface area contributed by atoms with Crippen LogP contribution in [0.3, 0.4) is 0 Å². The molecule has 0 radical (unpaired) electrons. The minimum Gasteiger partial charge on any atom is -0.493 e. The molecule has 0 saturated carbocycles. The van der Waals surface area contributed by atoms with Crippen LogP contribution in [0, 0.1) is 0 Å². The molecular formula is C23H28N4O6. The molecule has 0 fully saturated rings. The number of H-pyrrole nitrogens is 1. The van der Waals surface area contributed by atoms with Crippen LogP contribution in [-0.2, 0) is 24.3 Å². The maximum Gasteiger partial charge on any atom is 0.330 e. The zero-order valence-electron chi connectivity index (χ0n) is 18.9. The summed E-state index contributed by atoms with van der Waals surface area (Å²) in [6, 6.07) is 8.50. The van der Waals surface area contributed by atoms with E-state index < -0.39 is 17.2 Å². The Morgan fingerprint density at radius 3 is 2.58 bits per heavy atom. The number of benzene rings is 1. The molecule has 0 aliphatic rings. The van der Waals surface area contributed by atoms with E-state index in [0.29, 0.717) is 35.8 Å². The van der Waals surface area contributed by atoms with Gasteiger partial charge in [0, 0.05) is 6.54 Å². The van der Waals surface area contributed by atoms with Crippen molar-refractivity contribution in [3.05, 3.63) is 68.8 Å². The van der Waals surface area contributed by atoms with Crippen molar-refractivity contribution in [1.29, 1.82) is 0 Å². The molecule has 1 amide bonds. The van der Waals surface area contributed by atoms with Crippen LogP contribution in [-0.4, -0.2) is 29.7 Å². The molecule has 2 heterocycles. The highest BCUT2D eigenvalue weighted by Gasteiger charge is 2.25. The SMILES string of the molecule is CCCCn1c(N)c(N(Cc2ccco2)C(=O)Cc2ccc(OC)c(OC)c2)c(=O)[nH]c1=O. The Morgan fingerprint density at radius 2 is 1.94 bits per heavy atom. The Kier molecular flexibility index (Phi) is 7.60. The average molecular weight is 456 g/mol. The number of rotatable bonds is 10. The molecule has 0 unspecified atom stereocenters. The molecule has 1 aromatic carbocycles. The largest absolute Gasteiger partial charge is 0.493 e. The molecular weight excluding hydrogens is 428 g/mol. The van der Waals surface area contributed by atoms with Crippen molar-refractivity contribution in [3.63, 3.8) is 0 Å². The number of amides is 1. The highest BCUT2D eigenvalue weighted by atomic mass is 16.5. The standard InChI is InChI=1S/C23H28N4O6/c1-4-5-10-26-21(24)20(22(29)25-23(26)30)27(14-16-7-6-11-33-16)19(28)13-15-8-9-17(31-2)18(12-15)32-3/h6-9,11-12H,4-5,10,13-14,24H2,1-3H3,(H,25,29,30). The fourth-order valence-electron chi connectivity index (χ4n) is 3.49. The average Bonchev–Trinajstić information content (AvgIpc) is 3.31. The molecule has 0 bridgehead atoms. The maximum absolute atomic E-state index is 13.4. The van der Waals surface area contributed by atoms with Crippen LogP contribution in [0.2, 0.25) is 0 Å². The van der Waals surface area contributed by atoms with Gasteiger partial charge >= 0.3 is 5.69 Å². The lowest BCUT2D eigenvalue weighted by Crippen LogP contribution is -2.41. The molecule has 3 rings (SSSR count). The number of nitrogens with two attached hydrogens (primary N) is 1. The first-order chi connectivity index (χ1) is 15.9. The van der Waals surface area contributed by atoms with Crippen LogP contribution in [0.4, 0.5) is 11.5 Å². The number of aromatic amines is 1. The quantitative estimate of drug-likeness (QED) is 0.478. The number of unbranched alkanes of at least 4 members (excludes halogenated alkanes) is 1. The second-order valence-corrected chi connectivity index (χ2v) is 7.42. The van der Waals surface area contributed by atoms with E-state index in [4.69, 9.17) is 19.6 Å². The van der Waals surface area contributed by atoms with Crippen LogP contribution in [0.25, 0.3) is 0 Å². The Labute approximate surface area is 190 Å². The predicted octanol–water partition coefficient (Wildman–Crippen LogP) is 2.30. The second kappa shape index (κ2) is 10.6. The fourth-order valence-corrected chi connectivity index (χ4v) is 3.49. The van der Waals surface area contributed by atoms with Gasteiger partial charge in [-0.1, -0.05) is 19.4 Å². The van der Waals surface area contributed by atoms with Crippen molar-refractivity contribution < 1.29 is 18.7 Å². The molecule has 0 aliphatic heterocycles. The lowest BCUT2D eigenvalue weighted by Gasteiger charge is -2.24. The van der Waals surface area contributed by atoms with Crippen LogP contribution >= 0.6 is 0 Å².